The molecule has 0 aromatic carbocycles. The van der Waals surface area contributed by atoms with Gasteiger partial charge in [0.15, 0.2) is 6.10 Å². The van der Waals surface area contributed by atoms with Crippen LogP contribution in [0.15, 0.2) is 36.5 Å². The topological polar surface area (TPSA) is 147 Å². The SMILES string of the molecule is CCCCC/C=C\C/C=C\C/C=C\CC1OC1CCCC(=O)OC[C@H](COP(=O)(O)OCCN)OC(=O)CCCCCCCCCCCCCCCCC. The normalized spacial score (nSPS) is 17.4. The van der Waals surface area contributed by atoms with Crippen LogP contribution in [0.1, 0.15) is 181 Å². The summed E-state index contributed by atoms with van der Waals surface area (Å²) in [6.07, 6.45) is 40.5. The van der Waals surface area contributed by atoms with Crippen molar-refractivity contribution in [1.82, 2.24) is 0 Å². The number of carbonyl (C=O) groups excluding carboxylic acids is 2. The van der Waals surface area contributed by atoms with Crippen LogP contribution in [0.5, 0.6) is 0 Å². The van der Waals surface area contributed by atoms with Crippen molar-refractivity contribution in [3.05, 3.63) is 36.5 Å². The number of ether oxygens (including phenoxy) is 3. The second-order valence-electron chi connectivity index (χ2n) is 14.6. The van der Waals surface area contributed by atoms with Gasteiger partial charge in [0, 0.05) is 19.4 Å². The van der Waals surface area contributed by atoms with Gasteiger partial charge in [-0.05, 0) is 51.4 Å². The first kappa shape index (κ1) is 50.2. The van der Waals surface area contributed by atoms with E-state index in [-0.39, 0.29) is 44.8 Å². The summed E-state index contributed by atoms with van der Waals surface area (Å²) in [5, 5.41) is 0. The number of epoxide rings is 1. The lowest BCUT2D eigenvalue weighted by molar-refractivity contribution is -0.161. The van der Waals surface area contributed by atoms with Gasteiger partial charge in [-0.2, -0.15) is 0 Å². The molecule has 0 aliphatic carbocycles. The molecule has 1 saturated heterocycles. The fourth-order valence-corrected chi connectivity index (χ4v) is 6.90. The van der Waals surface area contributed by atoms with Crippen LogP contribution in [0.3, 0.4) is 0 Å². The molecule has 0 aromatic heterocycles. The van der Waals surface area contributed by atoms with E-state index in [1.54, 1.807) is 0 Å². The molecule has 1 aliphatic heterocycles. The van der Waals surface area contributed by atoms with E-state index in [4.69, 9.17) is 29.0 Å². The average molecular weight is 784 g/mol. The summed E-state index contributed by atoms with van der Waals surface area (Å²) < 4.78 is 38.5. The molecule has 0 saturated carbocycles. The molecule has 1 rings (SSSR count). The van der Waals surface area contributed by atoms with Gasteiger partial charge in [-0.25, -0.2) is 4.57 Å². The summed E-state index contributed by atoms with van der Waals surface area (Å²) in [4.78, 5) is 35.0. The molecule has 10 nitrogen and oxygen atoms in total. The first-order chi connectivity index (χ1) is 26.3. The molecular formula is C43H78NO9P. The second-order valence-corrected chi connectivity index (χ2v) is 16.1. The van der Waals surface area contributed by atoms with Gasteiger partial charge in [0.05, 0.1) is 25.4 Å². The summed E-state index contributed by atoms with van der Waals surface area (Å²) in [5.74, 6) is -0.901. The smallest absolute Gasteiger partial charge is 0.462 e. The summed E-state index contributed by atoms with van der Waals surface area (Å²) in [6.45, 7) is 3.62. The zero-order valence-electron chi connectivity index (χ0n) is 34.1. The minimum absolute atomic E-state index is 0.0434. The van der Waals surface area contributed by atoms with Gasteiger partial charge in [0.1, 0.15) is 6.61 Å². The first-order valence-electron chi connectivity index (χ1n) is 21.6. The van der Waals surface area contributed by atoms with E-state index in [0.717, 1.165) is 44.9 Å². The van der Waals surface area contributed by atoms with Gasteiger partial charge in [-0.3, -0.25) is 18.6 Å². The second kappa shape index (κ2) is 35.6. The lowest BCUT2D eigenvalue weighted by Crippen LogP contribution is -2.29. The number of hydrogen-bond donors (Lipinski definition) is 2. The molecule has 0 aromatic rings. The Bertz CT molecular complexity index is 1050. The maximum atomic E-state index is 12.6. The molecular weight excluding hydrogens is 705 g/mol. The highest BCUT2D eigenvalue weighted by Crippen LogP contribution is 2.43. The molecule has 54 heavy (non-hydrogen) atoms. The fraction of sp³-hybridized carbons (Fsp3) is 0.814. The van der Waals surface area contributed by atoms with Gasteiger partial charge in [-0.15, -0.1) is 0 Å². The predicted octanol–water partition coefficient (Wildman–Crippen LogP) is 11.2. The summed E-state index contributed by atoms with van der Waals surface area (Å²) in [6, 6.07) is 0. The highest BCUT2D eigenvalue weighted by atomic mass is 31.2. The maximum absolute atomic E-state index is 12.6. The molecule has 1 aliphatic rings. The number of carbonyl (C=O) groups is 2. The van der Waals surface area contributed by atoms with E-state index in [9.17, 15) is 19.0 Å². The number of allylic oxidation sites excluding steroid dienone is 5. The van der Waals surface area contributed by atoms with E-state index in [1.807, 2.05) is 0 Å². The Labute approximate surface area is 329 Å². The summed E-state index contributed by atoms with van der Waals surface area (Å²) in [5.41, 5.74) is 5.35. The van der Waals surface area contributed by atoms with Gasteiger partial charge < -0.3 is 24.8 Å². The lowest BCUT2D eigenvalue weighted by Gasteiger charge is -2.19. The highest BCUT2D eigenvalue weighted by Gasteiger charge is 2.36. The number of hydrogen-bond acceptors (Lipinski definition) is 9. The van der Waals surface area contributed by atoms with Crippen molar-refractivity contribution in [3.8, 4) is 0 Å². The largest absolute Gasteiger partial charge is 0.472 e. The van der Waals surface area contributed by atoms with Crippen LogP contribution in [-0.4, -0.2) is 61.5 Å². The quantitative estimate of drug-likeness (QED) is 0.0203. The van der Waals surface area contributed by atoms with Crippen LogP contribution in [0.25, 0.3) is 0 Å². The maximum Gasteiger partial charge on any atom is 0.472 e. The van der Waals surface area contributed by atoms with Crippen LogP contribution in [0, 0.1) is 0 Å². The van der Waals surface area contributed by atoms with E-state index in [2.05, 4.69) is 50.3 Å². The molecule has 4 atom stereocenters. The minimum atomic E-state index is -4.39. The Balaban J connectivity index is 2.23. The molecule has 1 heterocycles. The zero-order valence-corrected chi connectivity index (χ0v) is 35.0. The molecule has 1 fully saturated rings. The molecule has 3 N–H and O–H groups in total. The highest BCUT2D eigenvalue weighted by molar-refractivity contribution is 7.47. The van der Waals surface area contributed by atoms with Crippen molar-refractivity contribution >= 4 is 19.8 Å². The molecule has 0 radical (unpaired) electrons. The Morgan fingerprint density at radius 1 is 0.667 bits per heavy atom. The molecule has 0 spiro atoms. The van der Waals surface area contributed by atoms with Crippen molar-refractivity contribution in [2.24, 2.45) is 5.73 Å². The molecule has 11 heteroatoms. The van der Waals surface area contributed by atoms with Crippen LogP contribution in [-0.2, 0) is 37.4 Å². The van der Waals surface area contributed by atoms with Crippen LogP contribution >= 0.6 is 7.82 Å². The third kappa shape index (κ3) is 32.4. The monoisotopic (exact) mass is 784 g/mol. The van der Waals surface area contributed by atoms with Crippen molar-refractivity contribution in [2.75, 3.05) is 26.4 Å². The van der Waals surface area contributed by atoms with Gasteiger partial charge in [0.2, 0.25) is 0 Å². The predicted molar refractivity (Wildman–Crippen MR) is 219 cm³/mol. The fourth-order valence-electron chi connectivity index (χ4n) is 6.13. The number of esters is 2. The van der Waals surface area contributed by atoms with Crippen molar-refractivity contribution in [3.63, 3.8) is 0 Å². The van der Waals surface area contributed by atoms with E-state index >= 15 is 0 Å². The van der Waals surface area contributed by atoms with Crippen molar-refractivity contribution in [1.29, 1.82) is 0 Å². The van der Waals surface area contributed by atoms with E-state index in [0.29, 0.717) is 12.8 Å². The van der Waals surface area contributed by atoms with Gasteiger partial charge in [-0.1, -0.05) is 153 Å². The molecule has 314 valence electrons. The number of unbranched alkanes of at least 4 members (excludes halogenated alkanes) is 17. The van der Waals surface area contributed by atoms with E-state index < -0.39 is 32.5 Å². The Morgan fingerprint density at radius 2 is 1.20 bits per heavy atom. The lowest BCUT2D eigenvalue weighted by atomic mass is 10.0. The van der Waals surface area contributed by atoms with E-state index in [1.165, 1.54) is 96.3 Å². The number of nitrogens with two attached hydrogens (primary N) is 1. The average Bonchev–Trinajstić information content (AvgIpc) is 3.91. The number of rotatable bonds is 39. The Morgan fingerprint density at radius 3 is 1.81 bits per heavy atom. The van der Waals surface area contributed by atoms with Crippen LogP contribution < -0.4 is 5.73 Å². The zero-order chi connectivity index (χ0) is 39.4. The first-order valence-corrected chi connectivity index (χ1v) is 23.1. The standard InChI is InChI=1S/C43H78NO9P/c1-3-5-7-9-11-13-15-17-18-19-21-23-25-27-29-33-43(46)52-39(38-51-54(47,48)50-36-35-44)37-49-42(45)34-30-32-41-40(53-41)31-28-26-24-22-20-16-14-12-10-8-6-4-2/h12,14,20,22,26,28,39-41H,3-11,13,15-19,21,23-25,27,29-38,44H2,1-2H3,(H,47,48)/b14-12-,22-20-,28-26-/t39-,40?,41?/m1/s1. The Hall–Kier alpha value is -1.81. The molecule has 0 amide bonds. The third-order valence-corrected chi connectivity index (χ3v) is 10.4. The number of phosphoric acid groups is 1. The summed E-state index contributed by atoms with van der Waals surface area (Å²) in [7, 11) is -4.39. The number of phosphoric ester groups is 1. The summed E-state index contributed by atoms with van der Waals surface area (Å²) >= 11 is 0. The van der Waals surface area contributed by atoms with Gasteiger partial charge >= 0.3 is 19.8 Å². The molecule has 0 bridgehead atoms. The van der Waals surface area contributed by atoms with Crippen molar-refractivity contribution in [2.45, 2.75) is 199 Å². The van der Waals surface area contributed by atoms with Crippen molar-refractivity contribution < 1.29 is 42.3 Å². The van der Waals surface area contributed by atoms with Crippen LogP contribution in [0.2, 0.25) is 0 Å². The van der Waals surface area contributed by atoms with Crippen LogP contribution in [0.4, 0.5) is 0 Å². The van der Waals surface area contributed by atoms with Gasteiger partial charge in [0.25, 0.3) is 0 Å². The third-order valence-electron chi connectivity index (χ3n) is 9.45. The minimum Gasteiger partial charge on any atom is -0.462 e. The Kier molecular flexibility index (Phi) is 33.1. The molecule has 3 unspecified atom stereocenters.